The fourth-order valence-electron chi connectivity index (χ4n) is 2.03. The molecule has 0 N–H and O–H groups in total. The molecular formula is C15H23NO. The molecule has 0 unspecified atom stereocenters. The highest BCUT2D eigenvalue weighted by molar-refractivity contribution is 5.96. The van der Waals surface area contributed by atoms with Gasteiger partial charge in [0.05, 0.1) is 0 Å². The Morgan fingerprint density at radius 1 is 1.06 bits per heavy atom. The number of carbonyl (C=O) groups excluding carboxylic acids is 1. The highest BCUT2D eigenvalue weighted by Crippen LogP contribution is 2.11. The molecule has 1 aromatic heterocycles. The second kappa shape index (κ2) is 7.21. The minimum atomic E-state index is 0.259. The van der Waals surface area contributed by atoms with Gasteiger partial charge in [-0.3, -0.25) is 9.78 Å². The fourth-order valence-corrected chi connectivity index (χ4v) is 2.03. The van der Waals surface area contributed by atoms with Crippen LogP contribution in [-0.4, -0.2) is 10.8 Å². The third kappa shape index (κ3) is 5.12. The summed E-state index contributed by atoms with van der Waals surface area (Å²) in [4.78, 5) is 16.2. The molecule has 2 nitrogen and oxygen atoms in total. The van der Waals surface area contributed by atoms with Crippen molar-refractivity contribution in [3.8, 4) is 0 Å². The van der Waals surface area contributed by atoms with E-state index in [-0.39, 0.29) is 5.78 Å². The molecule has 17 heavy (non-hydrogen) atoms. The highest BCUT2D eigenvalue weighted by Gasteiger charge is 2.07. The molecule has 0 atom stereocenters. The van der Waals surface area contributed by atoms with Gasteiger partial charge >= 0.3 is 0 Å². The van der Waals surface area contributed by atoms with Gasteiger partial charge in [0.2, 0.25) is 0 Å². The van der Waals surface area contributed by atoms with Crippen LogP contribution in [0.25, 0.3) is 0 Å². The van der Waals surface area contributed by atoms with Gasteiger partial charge in [0, 0.05) is 23.4 Å². The van der Waals surface area contributed by atoms with Gasteiger partial charge in [-0.05, 0) is 32.4 Å². The van der Waals surface area contributed by atoms with Crippen LogP contribution < -0.4 is 0 Å². The molecule has 0 bridgehead atoms. The first-order chi connectivity index (χ1) is 8.13. The molecule has 1 rings (SSSR count). The minimum Gasteiger partial charge on any atom is -0.294 e. The summed E-state index contributed by atoms with van der Waals surface area (Å²) in [6.45, 7) is 6.07. The topological polar surface area (TPSA) is 30.0 Å². The van der Waals surface area contributed by atoms with Gasteiger partial charge in [-0.2, -0.15) is 0 Å². The van der Waals surface area contributed by atoms with Crippen molar-refractivity contribution in [1.29, 1.82) is 0 Å². The first kappa shape index (κ1) is 13.9. The molecule has 0 aliphatic rings. The molecule has 0 aliphatic heterocycles. The van der Waals surface area contributed by atoms with Crippen molar-refractivity contribution in [3.63, 3.8) is 0 Å². The van der Waals surface area contributed by atoms with Crippen LogP contribution >= 0.6 is 0 Å². The maximum Gasteiger partial charge on any atom is 0.163 e. The third-order valence-electron chi connectivity index (χ3n) is 2.91. The van der Waals surface area contributed by atoms with Crippen molar-refractivity contribution in [2.24, 2.45) is 0 Å². The lowest BCUT2D eigenvalue weighted by atomic mass is 10.0. The molecule has 2 heteroatoms. The van der Waals surface area contributed by atoms with E-state index in [9.17, 15) is 4.79 Å². The quantitative estimate of drug-likeness (QED) is 0.521. The van der Waals surface area contributed by atoms with E-state index in [1.54, 1.807) is 0 Å². The first-order valence-corrected chi connectivity index (χ1v) is 6.62. The summed E-state index contributed by atoms with van der Waals surface area (Å²) < 4.78 is 0. The number of hydrogen-bond acceptors (Lipinski definition) is 2. The molecule has 0 aliphatic carbocycles. The maximum absolute atomic E-state index is 12.0. The van der Waals surface area contributed by atoms with Crippen LogP contribution in [0.2, 0.25) is 0 Å². The van der Waals surface area contributed by atoms with Crippen molar-refractivity contribution in [3.05, 3.63) is 29.1 Å². The van der Waals surface area contributed by atoms with Crippen LogP contribution in [0.1, 0.15) is 67.2 Å². The van der Waals surface area contributed by atoms with Gasteiger partial charge in [0.15, 0.2) is 5.78 Å². The summed E-state index contributed by atoms with van der Waals surface area (Å²) in [6, 6.07) is 3.78. The molecule has 0 aromatic carbocycles. The smallest absolute Gasteiger partial charge is 0.163 e. The number of ketones is 1. The first-order valence-electron chi connectivity index (χ1n) is 6.62. The summed E-state index contributed by atoms with van der Waals surface area (Å²) in [5.74, 6) is 0.259. The summed E-state index contributed by atoms with van der Waals surface area (Å²) in [7, 11) is 0. The summed E-state index contributed by atoms with van der Waals surface area (Å²) in [5, 5.41) is 0. The third-order valence-corrected chi connectivity index (χ3v) is 2.91. The number of pyridine rings is 1. The Bertz CT molecular complexity index is 351. The van der Waals surface area contributed by atoms with E-state index in [1.165, 1.54) is 25.7 Å². The second-order valence-electron chi connectivity index (χ2n) is 4.73. The Kier molecular flexibility index (Phi) is 5.88. The second-order valence-corrected chi connectivity index (χ2v) is 4.73. The number of Topliss-reactive ketones (excluding diaryl/α,β-unsaturated/α-hetero) is 1. The average Bonchev–Trinajstić information content (AvgIpc) is 2.27. The molecule has 1 aromatic rings. The van der Waals surface area contributed by atoms with Crippen LogP contribution in [0, 0.1) is 13.8 Å². The lowest BCUT2D eigenvalue weighted by Crippen LogP contribution is -2.01. The van der Waals surface area contributed by atoms with E-state index in [2.05, 4.69) is 11.9 Å². The largest absolute Gasteiger partial charge is 0.294 e. The Balaban J connectivity index is 2.41. The molecule has 0 amide bonds. The van der Waals surface area contributed by atoms with Crippen LogP contribution in [-0.2, 0) is 0 Å². The predicted octanol–water partition coefficient (Wildman–Crippen LogP) is 4.24. The Morgan fingerprint density at radius 3 is 2.24 bits per heavy atom. The molecular weight excluding hydrogens is 210 g/mol. The molecule has 1 heterocycles. The number of carbonyl (C=O) groups is 1. The summed E-state index contributed by atoms with van der Waals surface area (Å²) in [5.41, 5.74) is 2.68. The number of nitrogens with zero attached hydrogens (tertiary/aromatic N) is 1. The minimum absolute atomic E-state index is 0.259. The Hall–Kier alpha value is -1.18. The lowest BCUT2D eigenvalue weighted by Gasteiger charge is -2.04. The van der Waals surface area contributed by atoms with E-state index < -0.39 is 0 Å². The normalized spacial score (nSPS) is 10.5. The summed E-state index contributed by atoms with van der Waals surface area (Å²) in [6.07, 6.45) is 6.63. The zero-order valence-corrected chi connectivity index (χ0v) is 11.3. The highest BCUT2D eigenvalue weighted by atomic mass is 16.1. The molecule has 0 fully saturated rings. The van der Waals surface area contributed by atoms with Gasteiger partial charge in [-0.25, -0.2) is 0 Å². The number of aryl methyl sites for hydroxylation is 2. The monoisotopic (exact) mass is 233 g/mol. The van der Waals surface area contributed by atoms with E-state index in [4.69, 9.17) is 0 Å². The van der Waals surface area contributed by atoms with Crippen molar-refractivity contribution in [2.75, 3.05) is 0 Å². The number of aromatic nitrogens is 1. The van der Waals surface area contributed by atoms with Crippen molar-refractivity contribution >= 4 is 5.78 Å². The van der Waals surface area contributed by atoms with Crippen molar-refractivity contribution in [1.82, 2.24) is 4.98 Å². The van der Waals surface area contributed by atoms with E-state index >= 15 is 0 Å². The standard InChI is InChI=1S/C15H23NO/c1-4-5-6-7-8-9-15(17)14-10-12(2)16-13(3)11-14/h10-11H,4-9H2,1-3H3. The van der Waals surface area contributed by atoms with E-state index in [1.807, 2.05) is 26.0 Å². The van der Waals surface area contributed by atoms with Gasteiger partial charge in [-0.1, -0.05) is 32.6 Å². The van der Waals surface area contributed by atoms with Crippen LogP contribution in [0.3, 0.4) is 0 Å². The SMILES string of the molecule is CCCCCCCC(=O)c1cc(C)nc(C)c1. The Labute approximate surface area is 104 Å². The zero-order valence-electron chi connectivity index (χ0n) is 11.3. The van der Waals surface area contributed by atoms with Crippen molar-refractivity contribution in [2.45, 2.75) is 59.3 Å². The van der Waals surface area contributed by atoms with Crippen molar-refractivity contribution < 1.29 is 4.79 Å². The van der Waals surface area contributed by atoms with Crippen LogP contribution in [0.4, 0.5) is 0 Å². The summed E-state index contributed by atoms with van der Waals surface area (Å²) >= 11 is 0. The van der Waals surface area contributed by atoms with Gasteiger partial charge < -0.3 is 0 Å². The average molecular weight is 233 g/mol. The molecule has 0 radical (unpaired) electrons. The van der Waals surface area contributed by atoms with Gasteiger partial charge in [-0.15, -0.1) is 0 Å². The van der Waals surface area contributed by atoms with Crippen LogP contribution in [0.15, 0.2) is 12.1 Å². The fraction of sp³-hybridized carbons (Fsp3) is 0.600. The zero-order chi connectivity index (χ0) is 12.7. The number of rotatable bonds is 7. The predicted molar refractivity (Wildman–Crippen MR) is 71.4 cm³/mol. The van der Waals surface area contributed by atoms with E-state index in [0.717, 1.165) is 23.4 Å². The molecule has 0 saturated carbocycles. The van der Waals surface area contributed by atoms with Gasteiger partial charge in [0.1, 0.15) is 0 Å². The van der Waals surface area contributed by atoms with E-state index in [0.29, 0.717) is 6.42 Å². The van der Waals surface area contributed by atoms with Crippen LogP contribution in [0.5, 0.6) is 0 Å². The molecule has 0 spiro atoms. The Morgan fingerprint density at radius 2 is 1.65 bits per heavy atom. The molecule has 0 saturated heterocycles. The van der Waals surface area contributed by atoms with Gasteiger partial charge in [0.25, 0.3) is 0 Å². The molecule has 94 valence electrons. The number of hydrogen-bond donors (Lipinski definition) is 0. The lowest BCUT2D eigenvalue weighted by molar-refractivity contribution is 0.0979. The maximum atomic E-state index is 12.0. The number of unbranched alkanes of at least 4 members (excludes halogenated alkanes) is 4.